The second-order valence-electron chi connectivity index (χ2n) is 3.76. The van der Waals surface area contributed by atoms with Crippen LogP contribution in [-0.4, -0.2) is 0 Å². The third-order valence-corrected chi connectivity index (χ3v) is 3.24. The fourth-order valence-corrected chi connectivity index (χ4v) is 2.15. The number of hydrogen-bond donors (Lipinski definition) is 1. The third kappa shape index (κ3) is 3.23. The summed E-state index contributed by atoms with van der Waals surface area (Å²) in [6.45, 7) is 0.291. The Morgan fingerprint density at radius 2 is 1.95 bits per heavy atom. The lowest BCUT2D eigenvalue weighted by Gasteiger charge is -2.09. The van der Waals surface area contributed by atoms with E-state index < -0.39 is 11.6 Å². The van der Waals surface area contributed by atoms with Crippen molar-refractivity contribution in [2.75, 3.05) is 0 Å². The van der Waals surface area contributed by atoms with Gasteiger partial charge in [0.25, 0.3) is 0 Å². The number of nitrogens with two attached hydrogens (primary N) is 1. The lowest BCUT2D eigenvalue weighted by molar-refractivity contribution is 0.415. The van der Waals surface area contributed by atoms with Crippen LogP contribution in [0.25, 0.3) is 0 Å². The van der Waals surface area contributed by atoms with Crippen LogP contribution in [0.15, 0.2) is 34.8 Å². The molecular formula is C13H9BrClF2NO. The highest BCUT2D eigenvalue weighted by atomic mass is 79.9. The first-order valence-corrected chi connectivity index (χ1v) is 6.49. The average molecular weight is 349 g/mol. The largest absolute Gasteiger partial charge is 0.454 e. The molecule has 0 aliphatic carbocycles. The Bertz CT molecular complexity index is 622. The van der Waals surface area contributed by atoms with Gasteiger partial charge in [0.2, 0.25) is 5.82 Å². The van der Waals surface area contributed by atoms with Gasteiger partial charge in [0.15, 0.2) is 11.6 Å². The van der Waals surface area contributed by atoms with Gasteiger partial charge in [-0.2, -0.15) is 4.39 Å². The van der Waals surface area contributed by atoms with Gasteiger partial charge in [-0.05, 0) is 29.8 Å². The van der Waals surface area contributed by atoms with Gasteiger partial charge >= 0.3 is 0 Å². The van der Waals surface area contributed by atoms with Gasteiger partial charge in [0.05, 0.1) is 0 Å². The fraction of sp³-hybridized carbons (Fsp3) is 0.0769. The van der Waals surface area contributed by atoms with Crippen LogP contribution in [0.1, 0.15) is 5.56 Å². The summed E-state index contributed by atoms with van der Waals surface area (Å²) in [4.78, 5) is 0. The average Bonchev–Trinajstić information content (AvgIpc) is 2.35. The van der Waals surface area contributed by atoms with E-state index in [9.17, 15) is 8.78 Å². The third-order valence-electron chi connectivity index (χ3n) is 2.43. The summed E-state index contributed by atoms with van der Waals surface area (Å²) in [5, 5.41) is 0.413. The molecule has 0 saturated heterocycles. The molecular weight excluding hydrogens is 340 g/mol. The fourth-order valence-electron chi connectivity index (χ4n) is 1.49. The zero-order valence-corrected chi connectivity index (χ0v) is 11.9. The van der Waals surface area contributed by atoms with E-state index in [1.165, 1.54) is 12.1 Å². The minimum Gasteiger partial charge on any atom is -0.454 e. The summed E-state index contributed by atoms with van der Waals surface area (Å²) in [5.41, 5.74) is 6.22. The van der Waals surface area contributed by atoms with Crippen molar-refractivity contribution in [1.82, 2.24) is 0 Å². The molecule has 2 aromatic carbocycles. The smallest absolute Gasteiger partial charge is 0.201 e. The molecule has 0 fully saturated rings. The molecule has 100 valence electrons. The van der Waals surface area contributed by atoms with Crippen molar-refractivity contribution in [3.05, 3.63) is 57.0 Å². The van der Waals surface area contributed by atoms with Gasteiger partial charge in [0.1, 0.15) is 5.75 Å². The second kappa shape index (κ2) is 5.86. The molecule has 0 unspecified atom stereocenters. The van der Waals surface area contributed by atoms with E-state index in [4.69, 9.17) is 22.1 Å². The van der Waals surface area contributed by atoms with E-state index in [0.717, 1.165) is 11.6 Å². The first-order valence-electron chi connectivity index (χ1n) is 5.32. The normalized spacial score (nSPS) is 10.6. The SMILES string of the molecule is NCc1ccc(Oc2cc(Br)cc(F)c2F)cc1Cl. The first kappa shape index (κ1) is 14.2. The van der Waals surface area contributed by atoms with Crippen LogP contribution >= 0.6 is 27.5 Å². The van der Waals surface area contributed by atoms with Gasteiger partial charge < -0.3 is 10.5 Å². The molecule has 0 amide bonds. The van der Waals surface area contributed by atoms with Crippen molar-refractivity contribution in [2.24, 2.45) is 5.73 Å². The monoisotopic (exact) mass is 347 g/mol. The summed E-state index contributed by atoms with van der Waals surface area (Å²) in [6, 6.07) is 7.12. The highest BCUT2D eigenvalue weighted by Crippen LogP contribution is 2.31. The topological polar surface area (TPSA) is 35.2 Å². The molecule has 0 aliphatic heterocycles. The van der Waals surface area contributed by atoms with Gasteiger partial charge in [-0.3, -0.25) is 0 Å². The second-order valence-corrected chi connectivity index (χ2v) is 5.08. The summed E-state index contributed by atoms with van der Waals surface area (Å²) in [5.74, 6) is -1.96. The standard InChI is InChI=1S/C13H9BrClF2NO/c14-8-3-11(16)13(17)12(4-8)19-9-2-1-7(6-18)10(15)5-9/h1-5H,6,18H2. The Hall–Kier alpha value is -1.17. The molecule has 0 aliphatic rings. The molecule has 19 heavy (non-hydrogen) atoms. The molecule has 0 atom stereocenters. The van der Waals surface area contributed by atoms with Crippen molar-refractivity contribution in [3.63, 3.8) is 0 Å². The minimum atomic E-state index is -1.05. The molecule has 2 N–H and O–H groups in total. The summed E-state index contributed by atoms with van der Waals surface area (Å²) in [6.07, 6.45) is 0. The number of halogens is 4. The quantitative estimate of drug-likeness (QED) is 0.821. The van der Waals surface area contributed by atoms with Crippen LogP contribution in [-0.2, 0) is 6.54 Å². The maximum absolute atomic E-state index is 13.5. The number of rotatable bonds is 3. The Morgan fingerprint density at radius 3 is 2.58 bits per heavy atom. The van der Waals surface area contributed by atoms with E-state index >= 15 is 0 Å². The first-order chi connectivity index (χ1) is 9.01. The molecule has 0 bridgehead atoms. The molecule has 0 aromatic heterocycles. The summed E-state index contributed by atoms with van der Waals surface area (Å²) in [7, 11) is 0. The number of ether oxygens (including phenoxy) is 1. The van der Waals surface area contributed by atoms with E-state index in [0.29, 0.717) is 21.8 Å². The lowest BCUT2D eigenvalue weighted by Crippen LogP contribution is -1.97. The van der Waals surface area contributed by atoms with Crippen LogP contribution < -0.4 is 10.5 Å². The maximum Gasteiger partial charge on any atom is 0.201 e. The molecule has 0 radical (unpaired) electrons. The van der Waals surface area contributed by atoms with Crippen LogP contribution in [0, 0.1) is 11.6 Å². The maximum atomic E-state index is 13.5. The van der Waals surface area contributed by atoms with Crippen LogP contribution in [0.5, 0.6) is 11.5 Å². The van der Waals surface area contributed by atoms with Crippen molar-refractivity contribution < 1.29 is 13.5 Å². The van der Waals surface area contributed by atoms with Crippen molar-refractivity contribution in [1.29, 1.82) is 0 Å². The summed E-state index contributed by atoms with van der Waals surface area (Å²) < 4.78 is 32.4. The van der Waals surface area contributed by atoms with Crippen LogP contribution in [0.2, 0.25) is 5.02 Å². The zero-order valence-electron chi connectivity index (χ0n) is 9.59. The Kier molecular flexibility index (Phi) is 4.39. The van der Waals surface area contributed by atoms with Crippen molar-refractivity contribution in [2.45, 2.75) is 6.54 Å². The van der Waals surface area contributed by atoms with E-state index in [2.05, 4.69) is 15.9 Å². The molecule has 2 rings (SSSR count). The van der Waals surface area contributed by atoms with Crippen molar-refractivity contribution in [3.8, 4) is 11.5 Å². The minimum absolute atomic E-state index is 0.219. The van der Waals surface area contributed by atoms with E-state index in [-0.39, 0.29) is 5.75 Å². The van der Waals surface area contributed by atoms with Gasteiger partial charge in [-0.15, -0.1) is 0 Å². The van der Waals surface area contributed by atoms with Crippen molar-refractivity contribution >= 4 is 27.5 Å². The number of hydrogen-bond acceptors (Lipinski definition) is 2. The predicted octanol–water partition coefficient (Wildman–Crippen LogP) is 4.63. The van der Waals surface area contributed by atoms with Crippen LogP contribution in [0.4, 0.5) is 8.78 Å². The Labute approximate surface area is 122 Å². The Morgan fingerprint density at radius 1 is 1.21 bits per heavy atom. The van der Waals surface area contributed by atoms with Crippen LogP contribution in [0.3, 0.4) is 0 Å². The molecule has 2 nitrogen and oxygen atoms in total. The Balaban J connectivity index is 2.33. The predicted molar refractivity (Wildman–Crippen MR) is 73.5 cm³/mol. The zero-order chi connectivity index (χ0) is 14.0. The number of benzene rings is 2. The molecule has 0 heterocycles. The molecule has 2 aromatic rings. The van der Waals surface area contributed by atoms with Gasteiger partial charge in [-0.1, -0.05) is 33.6 Å². The van der Waals surface area contributed by atoms with E-state index in [1.807, 2.05) is 0 Å². The highest BCUT2D eigenvalue weighted by molar-refractivity contribution is 9.10. The molecule has 0 saturated carbocycles. The van der Waals surface area contributed by atoms with E-state index in [1.54, 1.807) is 12.1 Å². The van der Waals surface area contributed by atoms with Gasteiger partial charge in [-0.25, -0.2) is 4.39 Å². The lowest BCUT2D eigenvalue weighted by atomic mass is 10.2. The summed E-state index contributed by atoms with van der Waals surface area (Å²) >= 11 is 9.03. The van der Waals surface area contributed by atoms with Gasteiger partial charge in [0, 0.05) is 16.0 Å². The molecule has 6 heteroatoms. The molecule has 0 spiro atoms. The highest BCUT2D eigenvalue weighted by Gasteiger charge is 2.12.